The molecule has 0 saturated heterocycles. The van der Waals surface area contributed by atoms with Gasteiger partial charge >= 0.3 is 0 Å². The summed E-state index contributed by atoms with van der Waals surface area (Å²) in [4.78, 5) is 22.4. The van der Waals surface area contributed by atoms with E-state index in [0.717, 1.165) is 52.2 Å². The fourth-order valence-corrected chi connectivity index (χ4v) is 2.75. The lowest BCUT2D eigenvalue weighted by Crippen LogP contribution is -2.42. The summed E-state index contributed by atoms with van der Waals surface area (Å²) in [5.74, 6) is 0.662. The van der Waals surface area contributed by atoms with Gasteiger partial charge in [-0.1, -0.05) is 18.2 Å². The summed E-state index contributed by atoms with van der Waals surface area (Å²) in [5, 5.41) is 6.69. The first-order valence-corrected chi connectivity index (χ1v) is 10.6. The van der Waals surface area contributed by atoms with Crippen LogP contribution in [0.3, 0.4) is 0 Å². The molecule has 31 heavy (non-hydrogen) atoms. The van der Waals surface area contributed by atoms with Gasteiger partial charge in [-0.2, -0.15) is 0 Å². The molecule has 1 amide bonds. The van der Waals surface area contributed by atoms with Gasteiger partial charge in [-0.25, -0.2) is 4.99 Å². The molecule has 0 aliphatic rings. The second kappa shape index (κ2) is 18.0. The Morgan fingerprint density at radius 2 is 1.65 bits per heavy atom. The van der Waals surface area contributed by atoms with E-state index in [-0.39, 0.29) is 36.4 Å². The molecule has 0 atom stereocenters. The lowest BCUT2D eigenvalue weighted by atomic mass is 10.3. The van der Waals surface area contributed by atoms with Gasteiger partial charge in [0, 0.05) is 73.3 Å². The zero-order valence-electron chi connectivity index (χ0n) is 19.8. The molecule has 0 spiro atoms. The van der Waals surface area contributed by atoms with Crippen molar-refractivity contribution in [2.24, 2.45) is 4.99 Å². The Hall–Kier alpha value is -1.59. The minimum atomic E-state index is -0.0170. The molecule has 0 bridgehead atoms. The Labute approximate surface area is 205 Å². The number of aliphatic imine (C=N–C) groups is 1. The summed E-state index contributed by atoms with van der Waals surface area (Å²) >= 11 is 0. The average Bonchev–Trinajstić information content (AvgIpc) is 2.74. The van der Waals surface area contributed by atoms with Gasteiger partial charge in [0.25, 0.3) is 0 Å². The van der Waals surface area contributed by atoms with E-state index in [1.807, 2.05) is 18.2 Å². The van der Waals surface area contributed by atoms with Gasteiger partial charge < -0.3 is 30.1 Å². The van der Waals surface area contributed by atoms with E-state index in [2.05, 4.69) is 51.7 Å². The molecule has 0 heterocycles. The Bertz CT molecular complexity index is 615. The number of likely N-dealkylation sites (N-methyl/N-ethyl adjacent to an activating group) is 2. The number of nitrogens with zero attached hydrogens (tertiary/aromatic N) is 4. The third-order valence-electron chi connectivity index (χ3n) is 4.71. The zero-order valence-corrected chi connectivity index (χ0v) is 22.1. The Balaban J connectivity index is 0.00000900. The number of carbonyl (C=O) groups excluding carboxylic acids is 1. The highest BCUT2D eigenvalue weighted by atomic mass is 127. The number of benzene rings is 1. The topological polar surface area (TPSA) is 72.4 Å². The third kappa shape index (κ3) is 14.2. The van der Waals surface area contributed by atoms with E-state index >= 15 is 0 Å². The lowest BCUT2D eigenvalue weighted by molar-refractivity contribution is -0.127. The highest BCUT2D eigenvalue weighted by Gasteiger charge is 2.06. The number of rotatable bonds is 14. The van der Waals surface area contributed by atoms with E-state index in [0.29, 0.717) is 5.96 Å². The smallest absolute Gasteiger partial charge is 0.243 e. The van der Waals surface area contributed by atoms with E-state index < -0.39 is 0 Å². The first-order chi connectivity index (χ1) is 14.4. The van der Waals surface area contributed by atoms with Crippen LogP contribution in [-0.2, 0) is 9.53 Å². The summed E-state index contributed by atoms with van der Waals surface area (Å²) in [6.45, 7) is 5.26. The molecule has 0 aliphatic heterocycles. The van der Waals surface area contributed by atoms with Crippen LogP contribution in [0.4, 0.5) is 5.69 Å². The molecule has 1 aromatic rings. The number of nitrogens with one attached hydrogen (secondary N) is 2. The lowest BCUT2D eigenvalue weighted by Gasteiger charge is -2.20. The molecular formula is C22H41IN6O2. The van der Waals surface area contributed by atoms with Crippen molar-refractivity contribution in [1.29, 1.82) is 0 Å². The molecule has 1 aromatic carbocycles. The Kier molecular flexibility index (Phi) is 17.1. The van der Waals surface area contributed by atoms with Crippen LogP contribution in [0.2, 0.25) is 0 Å². The summed E-state index contributed by atoms with van der Waals surface area (Å²) in [6, 6.07) is 10.3. The number of halogens is 1. The van der Waals surface area contributed by atoms with E-state index in [1.165, 1.54) is 5.69 Å². The Morgan fingerprint density at radius 3 is 2.29 bits per heavy atom. The van der Waals surface area contributed by atoms with Crippen LogP contribution in [0.1, 0.15) is 12.8 Å². The minimum absolute atomic E-state index is 0. The SMILES string of the molecule is COCCCN(C)CCNC(=NCC(=O)N(C)C)NCCCN(C)c1ccccc1.I. The fourth-order valence-electron chi connectivity index (χ4n) is 2.75. The van der Waals surface area contributed by atoms with Gasteiger partial charge in [-0.3, -0.25) is 4.79 Å². The summed E-state index contributed by atoms with van der Waals surface area (Å²) in [5.41, 5.74) is 1.21. The van der Waals surface area contributed by atoms with Crippen molar-refractivity contribution in [1.82, 2.24) is 20.4 Å². The molecule has 0 saturated carbocycles. The monoisotopic (exact) mass is 548 g/mol. The predicted molar refractivity (Wildman–Crippen MR) is 141 cm³/mol. The fraction of sp³-hybridized carbons (Fsp3) is 0.636. The van der Waals surface area contributed by atoms with E-state index in [1.54, 1.807) is 26.1 Å². The second-order valence-corrected chi connectivity index (χ2v) is 7.57. The summed E-state index contributed by atoms with van der Waals surface area (Å²) in [6.07, 6.45) is 1.98. The molecular weight excluding hydrogens is 507 g/mol. The molecule has 0 aromatic heterocycles. The summed E-state index contributed by atoms with van der Waals surface area (Å²) < 4.78 is 5.10. The molecule has 0 radical (unpaired) electrons. The highest BCUT2D eigenvalue weighted by molar-refractivity contribution is 14.0. The molecule has 2 N–H and O–H groups in total. The zero-order chi connectivity index (χ0) is 22.2. The van der Waals surface area contributed by atoms with Crippen molar-refractivity contribution >= 4 is 41.5 Å². The number of ether oxygens (including phenoxy) is 1. The van der Waals surface area contributed by atoms with Crippen LogP contribution in [0.15, 0.2) is 35.3 Å². The van der Waals surface area contributed by atoms with Crippen LogP contribution in [0.5, 0.6) is 0 Å². The van der Waals surface area contributed by atoms with E-state index in [4.69, 9.17) is 4.74 Å². The molecule has 8 nitrogen and oxygen atoms in total. The van der Waals surface area contributed by atoms with Gasteiger partial charge in [0.15, 0.2) is 5.96 Å². The van der Waals surface area contributed by atoms with Crippen molar-refractivity contribution in [3.63, 3.8) is 0 Å². The van der Waals surface area contributed by atoms with Gasteiger partial charge in [0.1, 0.15) is 6.54 Å². The molecule has 1 rings (SSSR count). The number of guanidine groups is 1. The maximum absolute atomic E-state index is 11.9. The number of anilines is 1. The van der Waals surface area contributed by atoms with E-state index in [9.17, 15) is 4.79 Å². The first-order valence-electron chi connectivity index (χ1n) is 10.6. The maximum Gasteiger partial charge on any atom is 0.243 e. The van der Waals surface area contributed by atoms with Gasteiger partial charge in [-0.15, -0.1) is 24.0 Å². The quantitative estimate of drug-likeness (QED) is 0.160. The number of carbonyl (C=O) groups is 1. The Morgan fingerprint density at radius 1 is 0.968 bits per heavy atom. The summed E-state index contributed by atoms with van der Waals surface area (Å²) in [7, 11) is 9.40. The predicted octanol–water partition coefficient (Wildman–Crippen LogP) is 1.72. The highest BCUT2D eigenvalue weighted by Crippen LogP contribution is 2.10. The number of para-hydroxylation sites is 1. The van der Waals surface area contributed by atoms with Crippen LogP contribution in [0.25, 0.3) is 0 Å². The number of hydrogen-bond acceptors (Lipinski definition) is 5. The van der Waals surface area contributed by atoms with Crippen LogP contribution < -0.4 is 15.5 Å². The van der Waals surface area contributed by atoms with Crippen molar-refractivity contribution in [2.45, 2.75) is 12.8 Å². The number of methoxy groups -OCH3 is 1. The van der Waals surface area contributed by atoms with Crippen LogP contribution in [0, 0.1) is 0 Å². The largest absolute Gasteiger partial charge is 0.385 e. The van der Waals surface area contributed by atoms with Crippen molar-refractivity contribution < 1.29 is 9.53 Å². The van der Waals surface area contributed by atoms with Crippen LogP contribution in [-0.4, -0.2) is 103 Å². The normalized spacial score (nSPS) is 11.1. The number of amides is 1. The molecule has 0 aliphatic carbocycles. The molecule has 9 heteroatoms. The standard InChI is InChI=1S/C22H40N6O2.HI/c1-26(2)21(29)19-25-22(24-14-17-27(3)15-10-18-30-5)23-13-9-16-28(4)20-11-7-6-8-12-20;/h6-8,11-12H,9-10,13-19H2,1-5H3,(H2,23,24,25);1H. The van der Waals surface area contributed by atoms with Gasteiger partial charge in [-0.05, 0) is 32.0 Å². The van der Waals surface area contributed by atoms with Crippen molar-refractivity contribution in [3.05, 3.63) is 30.3 Å². The number of hydrogen-bond donors (Lipinski definition) is 2. The first kappa shape index (κ1) is 29.4. The van der Waals surface area contributed by atoms with Crippen molar-refractivity contribution in [3.8, 4) is 0 Å². The van der Waals surface area contributed by atoms with Crippen molar-refractivity contribution in [2.75, 3.05) is 86.1 Å². The average molecular weight is 549 g/mol. The van der Waals surface area contributed by atoms with Crippen LogP contribution >= 0.6 is 24.0 Å². The second-order valence-electron chi connectivity index (χ2n) is 7.57. The molecule has 0 unspecified atom stereocenters. The molecule has 0 fully saturated rings. The molecule has 178 valence electrons. The third-order valence-corrected chi connectivity index (χ3v) is 4.71. The van der Waals surface area contributed by atoms with Gasteiger partial charge in [0.05, 0.1) is 0 Å². The van der Waals surface area contributed by atoms with Gasteiger partial charge in [0.2, 0.25) is 5.91 Å². The minimum Gasteiger partial charge on any atom is -0.385 e. The maximum atomic E-state index is 11.9.